The summed E-state index contributed by atoms with van der Waals surface area (Å²) >= 11 is 1.25. The molecule has 0 aliphatic rings. The van der Waals surface area contributed by atoms with Crippen molar-refractivity contribution in [1.82, 2.24) is 4.98 Å². The van der Waals surface area contributed by atoms with Crippen molar-refractivity contribution in [2.24, 2.45) is 0 Å². The van der Waals surface area contributed by atoms with Gasteiger partial charge < -0.3 is 9.84 Å². The van der Waals surface area contributed by atoms with Crippen LogP contribution in [-0.4, -0.2) is 16.5 Å². The lowest BCUT2D eigenvalue weighted by Crippen LogP contribution is -2.18. The third-order valence-electron chi connectivity index (χ3n) is 1.13. The second-order valence-electron chi connectivity index (χ2n) is 2.13. The van der Waals surface area contributed by atoms with Crippen molar-refractivity contribution in [2.75, 3.05) is 0 Å². The molecular weight excluding hydrogens is 321 g/mol. The Morgan fingerprint density at radius 2 is 2.00 bits per heavy atom. The summed E-state index contributed by atoms with van der Waals surface area (Å²) in [5, 5.41) is 8.92. The minimum atomic E-state index is -4.98. The standard InChI is InChI=1S/C6H2F4INO2/c7-5-3(11)4(2(13)1-12-5)14-6(8,9)10/h1,13H. The Morgan fingerprint density at radius 1 is 1.43 bits per heavy atom. The molecular formula is C6H2F4INO2. The molecule has 0 saturated heterocycles. The molecule has 0 aliphatic heterocycles. The first-order valence-electron chi connectivity index (χ1n) is 3.10. The highest BCUT2D eigenvalue weighted by molar-refractivity contribution is 14.1. The number of alkyl halides is 3. The van der Waals surface area contributed by atoms with E-state index in [4.69, 9.17) is 5.11 Å². The lowest BCUT2D eigenvalue weighted by atomic mass is 10.4. The van der Waals surface area contributed by atoms with Gasteiger partial charge in [-0.2, -0.15) is 4.39 Å². The summed E-state index contributed by atoms with van der Waals surface area (Å²) < 4.78 is 50.8. The fraction of sp³-hybridized carbons (Fsp3) is 0.167. The third kappa shape index (κ3) is 2.59. The van der Waals surface area contributed by atoms with E-state index in [1.807, 2.05) is 0 Å². The number of halogens is 5. The monoisotopic (exact) mass is 323 g/mol. The van der Waals surface area contributed by atoms with E-state index in [0.29, 0.717) is 6.20 Å². The van der Waals surface area contributed by atoms with Gasteiger partial charge in [0.15, 0.2) is 11.5 Å². The van der Waals surface area contributed by atoms with Gasteiger partial charge >= 0.3 is 6.36 Å². The molecule has 0 atom stereocenters. The molecule has 0 saturated carbocycles. The Labute approximate surface area is 88.8 Å². The van der Waals surface area contributed by atoms with Crippen molar-refractivity contribution in [3.05, 3.63) is 15.7 Å². The molecule has 3 nitrogen and oxygen atoms in total. The zero-order valence-corrected chi connectivity index (χ0v) is 8.43. The van der Waals surface area contributed by atoms with Crippen LogP contribution in [0.2, 0.25) is 0 Å². The number of pyridine rings is 1. The normalized spacial score (nSPS) is 11.5. The van der Waals surface area contributed by atoms with Gasteiger partial charge in [-0.25, -0.2) is 4.98 Å². The highest BCUT2D eigenvalue weighted by Crippen LogP contribution is 2.35. The van der Waals surface area contributed by atoms with Crippen molar-refractivity contribution in [3.8, 4) is 11.5 Å². The maximum atomic E-state index is 12.7. The van der Waals surface area contributed by atoms with E-state index in [-0.39, 0.29) is 0 Å². The van der Waals surface area contributed by atoms with E-state index < -0.39 is 27.4 Å². The average molecular weight is 323 g/mol. The van der Waals surface area contributed by atoms with Crippen LogP contribution < -0.4 is 4.74 Å². The number of hydrogen-bond acceptors (Lipinski definition) is 3. The van der Waals surface area contributed by atoms with Gasteiger partial charge in [0.25, 0.3) is 0 Å². The number of ether oxygens (including phenoxy) is 1. The molecule has 1 heterocycles. The Hall–Kier alpha value is -0.800. The van der Waals surface area contributed by atoms with Gasteiger partial charge in [-0.3, -0.25) is 0 Å². The first-order valence-corrected chi connectivity index (χ1v) is 4.18. The SMILES string of the molecule is Oc1cnc(F)c(I)c1OC(F)(F)F. The van der Waals surface area contributed by atoms with Crippen molar-refractivity contribution in [2.45, 2.75) is 6.36 Å². The number of aromatic nitrogens is 1. The highest BCUT2D eigenvalue weighted by Gasteiger charge is 2.34. The summed E-state index contributed by atoms with van der Waals surface area (Å²) in [5.41, 5.74) is 0. The minimum Gasteiger partial charge on any atom is -0.503 e. The predicted molar refractivity (Wildman–Crippen MR) is 45.3 cm³/mol. The molecule has 0 radical (unpaired) electrons. The second-order valence-corrected chi connectivity index (χ2v) is 3.20. The van der Waals surface area contributed by atoms with Crippen LogP contribution in [0.3, 0.4) is 0 Å². The van der Waals surface area contributed by atoms with E-state index in [1.165, 1.54) is 22.6 Å². The van der Waals surface area contributed by atoms with Crippen LogP contribution in [0.4, 0.5) is 17.6 Å². The molecule has 0 bridgehead atoms. The van der Waals surface area contributed by atoms with Gasteiger partial charge in [-0.1, -0.05) is 0 Å². The Kier molecular flexibility index (Phi) is 3.02. The van der Waals surface area contributed by atoms with E-state index in [2.05, 4.69) is 9.72 Å². The molecule has 78 valence electrons. The van der Waals surface area contributed by atoms with E-state index in [0.717, 1.165) is 0 Å². The summed E-state index contributed by atoms with van der Waals surface area (Å²) in [6.45, 7) is 0. The van der Waals surface area contributed by atoms with E-state index in [1.54, 1.807) is 0 Å². The minimum absolute atomic E-state index is 0.528. The molecule has 1 aromatic heterocycles. The molecule has 0 aliphatic carbocycles. The van der Waals surface area contributed by atoms with Crippen LogP contribution >= 0.6 is 22.6 Å². The summed E-state index contributed by atoms with van der Waals surface area (Å²) in [7, 11) is 0. The Bertz CT molecular complexity index is 354. The molecule has 0 spiro atoms. The van der Waals surface area contributed by atoms with Crippen LogP contribution in [0.1, 0.15) is 0 Å². The van der Waals surface area contributed by atoms with Gasteiger partial charge in [-0.05, 0) is 22.6 Å². The highest BCUT2D eigenvalue weighted by atomic mass is 127. The number of nitrogens with zero attached hydrogens (tertiary/aromatic N) is 1. The molecule has 14 heavy (non-hydrogen) atoms. The Morgan fingerprint density at radius 3 is 2.50 bits per heavy atom. The molecule has 1 N–H and O–H groups in total. The smallest absolute Gasteiger partial charge is 0.503 e. The summed E-state index contributed by atoms with van der Waals surface area (Å²) in [6, 6.07) is 0. The first kappa shape index (κ1) is 11.3. The van der Waals surface area contributed by atoms with Crippen molar-refractivity contribution >= 4 is 22.6 Å². The Balaban J connectivity index is 3.13. The van der Waals surface area contributed by atoms with Crippen molar-refractivity contribution < 1.29 is 27.4 Å². The zero-order chi connectivity index (χ0) is 10.9. The molecule has 0 fully saturated rings. The lowest BCUT2D eigenvalue weighted by Gasteiger charge is -2.11. The maximum Gasteiger partial charge on any atom is 0.573 e. The van der Waals surface area contributed by atoms with Gasteiger partial charge in [0.2, 0.25) is 5.95 Å². The summed E-state index contributed by atoms with van der Waals surface area (Å²) in [5.74, 6) is -2.98. The molecule has 0 aromatic carbocycles. The largest absolute Gasteiger partial charge is 0.573 e. The molecule has 1 rings (SSSR count). The molecule has 8 heteroatoms. The number of rotatable bonds is 1. The summed E-state index contributed by atoms with van der Waals surface area (Å²) in [4.78, 5) is 3.00. The van der Waals surface area contributed by atoms with Crippen molar-refractivity contribution in [1.29, 1.82) is 0 Å². The molecule has 1 aromatic rings. The topological polar surface area (TPSA) is 42.4 Å². The number of hydrogen-bond donors (Lipinski definition) is 1. The van der Waals surface area contributed by atoms with E-state index >= 15 is 0 Å². The maximum absolute atomic E-state index is 12.7. The first-order chi connectivity index (χ1) is 6.31. The van der Waals surface area contributed by atoms with Crippen LogP contribution in [0.25, 0.3) is 0 Å². The fourth-order valence-electron chi connectivity index (χ4n) is 0.652. The third-order valence-corrected chi connectivity index (χ3v) is 2.07. The fourth-order valence-corrected chi connectivity index (χ4v) is 1.18. The quantitative estimate of drug-likeness (QED) is 0.490. The molecule has 0 unspecified atom stereocenters. The van der Waals surface area contributed by atoms with Crippen molar-refractivity contribution in [3.63, 3.8) is 0 Å². The lowest BCUT2D eigenvalue weighted by molar-refractivity contribution is -0.275. The number of aromatic hydroxyl groups is 1. The molecule has 0 amide bonds. The van der Waals surface area contributed by atoms with Crippen LogP contribution in [-0.2, 0) is 0 Å². The average Bonchev–Trinajstić information content (AvgIpc) is 2.04. The van der Waals surface area contributed by atoms with Gasteiger partial charge in [0, 0.05) is 0 Å². The predicted octanol–water partition coefficient (Wildman–Crippen LogP) is 2.43. The van der Waals surface area contributed by atoms with Gasteiger partial charge in [0.1, 0.15) is 3.57 Å². The zero-order valence-electron chi connectivity index (χ0n) is 6.27. The van der Waals surface area contributed by atoms with E-state index in [9.17, 15) is 17.6 Å². The van der Waals surface area contributed by atoms with Gasteiger partial charge in [-0.15, -0.1) is 13.2 Å². The summed E-state index contributed by atoms with van der Waals surface area (Å²) in [6.07, 6.45) is -4.44. The van der Waals surface area contributed by atoms with Crippen LogP contribution in [0.5, 0.6) is 11.5 Å². The van der Waals surface area contributed by atoms with Crippen LogP contribution in [0, 0.1) is 9.52 Å². The van der Waals surface area contributed by atoms with Crippen LogP contribution in [0.15, 0.2) is 6.20 Å². The van der Waals surface area contributed by atoms with Gasteiger partial charge in [0.05, 0.1) is 6.20 Å². The second kappa shape index (κ2) is 3.75.